The van der Waals surface area contributed by atoms with Crippen LogP contribution in [0.3, 0.4) is 0 Å². The SMILES string of the molecule is Oc1ccc2[nH]cc(-c3ccccc3)c2c1-c1ccccc1. The van der Waals surface area contributed by atoms with Crippen molar-refractivity contribution in [1.29, 1.82) is 0 Å². The zero-order chi connectivity index (χ0) is 14.9. The summed E-state index contributed by atoms with van der Waals surface area (Å²) in [6, 6.07) is 23.9. The third kappa shape index (κ3) is 1.97. The summed E-state index contributed by atoms with van der Waals surface area (Å²) in [5.41, 5.74) is 5.15. The van der Waals surface area contributed by atoms with Crippen molar-refractivity contribution in [3.8, 4) is 28.0 Å². The van der Waals surface area contributed by atoms with Crippen LogP contribution in [0.15, 0.2) is 79.0 Å². The van der Waals surface area contributed by atoms with Crippen molar-refractivity contribution in [3.63, 3.8) is 0 Å². The second-order valence-electron chi connectivity index (χ2n) is 5.32. The Balaban J connectivity index is 2.08. The molecule has 0 aliphatic heterocycles. The highest BCUT2D eigenvalue weighted by atomic mass is 16.3. The van der Waals surface area contributed by atoms with Crippen LogP contribution in [0.5, 0.6) is 5.75 Å². The minimum atomic E-state index is 0.301. The third-order valence-corrected chi connectivity index (χ3v) is 3.97. The molecule has 0 saturated heterocycles. The highest BCUT2D eigenvalue weighted by molar-refractivity contribution is 6.07. The van der Waals surface area contributed by atoms with E-state index in [0.717, 1.165) is 33.2 Å². The Morgan fingerprint density at radius 3 is 2.00 bits per heavy atom. The Morgan fingerprint density at radius 1 is 0.682 bits per heavy atom. The number of aromatic nitrogens is 1. The normalized spacial score (nSPS) is 10.9. The van der Waals surface area contributed by atoms with Gasteiger partial charge in [-0.2, -0.15) is 0 Å². The van der Waals surface area contributed by atoms with Gasteiger partial charge in [0.2, 0.25) is 0 Å². The smallest absolute Gasteiger partial charge is 0.124 e. The lowest BCUT2D eigenvalue weighted by Crippen LogP contribution is -1.83. The van der Waals surface area contributed by atoms with E-state index < -0.39 is 0 Å². The molecule has 0 aliphatic rings. The minimum absolute atomic E-state index is 0.301. The fraction of sp³-hybridized carbons (Fsp3) is 0. The average molecular weight is 285 g/mol. The maximum Gasteiger partial charge on any atom is 0.124 e. The van der Waals surface area contributed by atoms with Gasteiger partial charge < -0.3 is 10.1 Å². The molecule has 2 nitrogen and oxygen atoms in total. The number of phenols is 1. The molecule has 0 saturated carbocycles. The molecule has 106 valence electrons. The van der Waals surface area contributed by atoms with E-state index in [1.54, 1.807) is 6.07 Å². The summed E-state index contributed by atoms with van der Waals surface area (Å²) in [6.07, 6.45) is 2.01. The Hall–Kier alpha value is -3.00. The molecule has 22 heavy (non-hydrogen) atoms. The van der Waals surface area contributed by atoms with E-state index in [0.29, 0.717) is 5.75 Å². The van der Waals surface area contributed by atoms with Gasteiger partial charge in [0.1, 0.15) is 5.75 Å². The molecular weight excluding hydrogens is 270 g/mol. The standard InChI is InChI=1S/C20H15NO/c22-18-12-11-17-20(19(18)15-9-5-2-6-10-15)16(13-21-17)14-7-3-1-4-8-14/h1-13,21-22H. The van der Waals surface area contributed by atoms with Crippen molar-refractivity contribution in [3.05, 3.63) is 79.0 Å². The predicted octanol–water partition coefficient (Wildman–Crippen LogP) is 5.21. The van der Waals surface area contributed by atoms with Crippen LogP contribution in [0.2, 0.25) is 0 Å². The molecule has 2 heteroatoms. The molecule has 4 aromatic rings. The first-order valence-corrected chi connectivity index (χ1v) is 7.28. The van der Waals surface area contributed by atoms with Crippen molar-refractivity contribution < 1.29 is 5.11 Å². The lowest BCUT2D eigenvalue weighted by atomic mass is 9.95. The second-order valence-corrected chi connectivity index (χ2v) is 5.32. The molecule has 0 spiro atoms. The summed E-state index contributed by atoms with van der Waals surface area (Å²) in [6.45, 7) is 0. The number of fused-ring (bicyclic) bond motifs is 1. The summed E-state index contributed by atoms with van der Waals surface area (Å²) >= 11 is 0. The molecule has 0 bridgehead atoms. The van der Waals surface area contributed by atoms with E-state index in [-0.39, 0.29) is 0 Å². The van der Waals surface area contributed by atoms with Crippen molar-refractivity contribution in [1.82, 2.24) is 4.98 Å². The average Bonchev–Trinajstić information content (AvgIpc) is 3.00. The molecule has 2 N–H and O–H groups in total. The van der Waals surface area contributed by atoms with Gasteiger partial charge in [0.15, 0.2) is 0 Å². The van der Waals surface area contributed by atoms with Crippen LogP contribution in [-0.2, 0) is 0 Å². The van der Waals surface area contributed by atoms with Crippen LogP contribution in [0, 0.1) is 0 Å². The summed E-state index contributed by atoms with van der Waals surface area (Å²) in [5, 5.41) is 11.5. The number of nitrogens with one attached hydrogen (secondary N) is 1. The molecule has 4 rings (SSSR count). The van der Waals surface area contributed by atoms with Gasteiger partial charge in [0, 0.05) is 28.2 Å². The number of rotatable bonds is 2. The van der Waals surface area contributed by atoms with Gasteiger partial charge in [0.05, 0.1) is 0 Å². The lowest BCUT2D eigenvalue weighted by molar-refractivity contribution is 0.478. The first kappa shape index (κ1) is 12.7. The predicted molar refractivity (Wildman–Crippen MR) is 90.8 cm³/mol. The topological polar surface area (TPSA) is 36.0 Å². The third-order valence-electron chi connectivity index (χ3n) is 3.97. The van der Waals surface area contributed by atoms with Gasteiger partial charge in [0.25, 0.3) is 0 Å². The molecule has 1 aromatic heterocycles. The van der Waals surface area contributed by atoms with E-state index >= 15 is 0 Å². The monoisotopic (exact) mass is 285 g/mol. The largest absolute Gasteiger partial charge is 0.507 e. The molecule has 3 aromatic carbocycles. The Bertz CT molecular complexity index is 924. The van der Waals surface area contributed by atoms with Crippen molar-refractivity contribution in [2.24, 2.45) is 0 Å². The Labute approximate surface area is 128 Å². The van der Waals surface area contributed by atoms with E-state index in [9.17, 15) is 5.11 Å². The van der Waals surface area contributed by atoms with E-state index in [4.69, 9.17) is 0 Å². The fourth-order valence-corrected chi connectivity index (χ4v) is 2.96. The maximum absolute atomic E-state index is 10.4. The fourth-order valence-electron chi connectivity index (χ4n) is 2.96. The summed E-state index contributed by atoms with van der Waals surface area (Å²) in [7, 11) is 0. The van der Waals surface area contributed by atoms with Crippen molar-refractivity contribution in [2.75, 3.05) is 0 Å². The molecule has 1 heterocycles. The van der Waals surface area contributed by atoms with Crippen molar-refractivity contribution in [2.45, 2.75) is 0 Å². The number of H-pyrrole nitrogens is 1. The number of aromatic amines is 1. The van der Waals surface area contributed by atoms with Gasteiger partial charge in [-0.15, -0.1) is 0 Å². The van der Waals surface area contributed by atoms with Crippen LogP contribution in [0.4, 0.5) is 0 Å². The molecular formula is C20H15NO. The second kappa shape index (κ2) is 5.08. The van der Waals surface area contributed by atoms with Crippen LogP contribution < -0.4 is 0 Å². The summed E-state index contributed by atoms with van der Waals surface area (Å²) < 4.78 is 0. The van der Waals surface area contributed by atoms with E-state index in [1.807, 2.05) is 60.8 Å². The maximum atomic E-state index is 10.4. The van der Waals surface area contributed by atoms with Crippen LogP contribution in [0.25, 0.3) is 33.2 Å². The number of hydrogen-bond donors (Lipinski definition) is 2. The number of phenolic OH excluding ortho intramolecular Hbond substituents is 1. The van der Waals surface area contributed by atoms with Crippen LogP contribution in [-0.4, -0.2) is 10.1 Å². The van der Waals surface area contributed by atoms with Gasteiger partial charge in [-0.1, -0.05) is 60.7 Å². The quantitative estimate of drug-likeness (QED) is 0.521. The van der Waals surface area contributed by atoms with Gasteiger partial charge in [-0.3, -0.25) is 0 Å². The van der Waals surface area contributed by atoms with Crippen LogP contribution >= 0.6 is 0 Å². The summed E-state index contributed by atoms with van der Waals surface area (Å²) in [4.78, 5) is 3.31. The first-order valence-electron chi connectivity index (χ1n) is 7.28. The van der Waals surface area contributed by atoms with Crippen molar-refractivity contribution >= 4 is 10.9 Å². The van der Waals surface area contributed by atoms with Gasteiger partial charge in [-0.05, 0) is 23.3 Å². The first-order chi connectivity index (χ1) is 10.8. The zero-order valence-electron chi connectivity index (χ0n) is 12.0. The lowest BCUT2D eigenvalue weighted by Gasteiger charge is -2.09. The van der Waals surface area contributed by atoms with E-state index in [2.05, 4.69) is 17.1 Å². The molecule has 0 unspecified atom stereocenters. The zero-order valence-corrected chi connectivity index (χ0v) is 12.0. The van der Waals surface area contributed by atoms with Gasteiger partial charge >= 0.3 is 0 Å². The number of aromatic hydroxyl groups is 1. The Kier molecular flexibility index (Phi) is 2.94. The van der Waals surface area contributed by atoms with Gasteiger partial charge in [-0.25, -0.2) is 0 Å². The molecule has 0 amide bonds. The summed E-state index contributed by atoms with van der Waals surface area (Å²) in [5.74, 6) is 0.301. The Morgan fingerprint density at radius 2 is 1.32 bits per heavy atom. The number of benzene rings is 3. The minimum Gasteiger partial charge on any atom is -0.507 e. The molecule has 0 aliphatic carbocycles. The molecule has 0 atom stereocenters. The number of hydrogen-bond acceptors (Lipinski definition) is 1. The molecule has 0 fully saturated rings. The highest BCUT2D eigenvalue weighted by Gasteiger charge is 2.15. The molecule has 0 radical (unpaired) electrons. The van der Waals surface area contributed by atoms with Crippen LogP contribution in [0.1, 0.15) is 0 Å². The highest BCUT2D eigenvalue weighted by Crippen LogP contribution is 2.41. The van der Waals surface area contributed by atoms with E-state index in [1.165, 1.54) is 0 Å².